The zero-order valence-electron chi connectivity index (χ0n) is 11.7. The van der Waals surface area contributed by atoms with E-state index in [1.165, 1.54) is 0 Å². The predicted octanol–water partition coefficient (Wildman–Crippen LogP) is 1.39. The van der Waals surface area contributed by atoms with Gasteiger partial charge in [-0.2, -0.15) is 0 Å². The maximum absolute atomic E-state index is 9.49. The number of nitrogens with one attached hydrogen (secondary N) is 1. The number of aliphatic hydroxyl groups is 1. The second kappa shape index (κ2) is 6.07. The van der Waals surface area contributed by atoms with Crippen LogP contribution < -0.4 is 16.2 Å². The fraction of sp³-hybridized carbons (Fsp3) is 0.333. The summed E-state index contributed by atoms with van der Waals surface area (Å²) in [4.78, 5) is 11.2. The molecule has 21 heavy (non-hydrogen) atoms. The van der Waals surface area contributed by atoms with Crippen molar-refractivity contribution < 1.29 is 5.11 Å². The number of hydrogen-bond acceptors (Lipinski definition) is 6. The summed E-state index contributed by atoms with van der Waals surface area (Å²) in [7, 11) is 0. The summed E-state index contributed by atoms with van der Waals surface area (Å²) in [5, 5.41) is 9.49. The number of aliphatic hydroxyl groups excluding tert-OH is 1. The second-order valence-corrected chi connectivity index (χ2v) is 5.12. The van der Waals surface area contributed by atoms with Crippen LogP contribution >= 0.6 is 0 Å². The summed E-state index contributed by atoms with van der Waals surface area (Å²) in [6, 6.07) is 11.7. The minimum Gasteiger partial charge on any atom is -0.394 e. The van der Waals surface area contributed by atoms with Crippen LogP contribution in [0.1, 0.15) is 12.8 Å². The molecule has 2 aromatic rings. The summed E-state index contributed by atoms with van der Waals surface area (Å²) in [5.74, 6) is 7.52. The first-order chi connectivity index (χ1) is 10.3. The molecule has 2 heterocycles. The Hall–Kier alpha value is -2.18. The van der Waals surface area contributed by atoms with Gasteiger partial charge < -0.3 is 15.4 Å². The lowest BCUT2D eigenvalue weighted by atomic mass is 10.2. The van der Waals surface area contributed by atoms with E-state index in [0.717, 1.165) is 30.8 Å². The van der Waals surface area contributed by atoms with E-state index in [-0.39, 0.29) is 12.6 Å². The number of hydrogen-bond donors (Lipinski definition) is 3. The molecule has 4 N–H and O–H groups in total. The van der Waals surface area contributed by atoms with Gasteiger partial charge in [-0.05, 0) is 12.8 Å². The van der Waals surface area contributed by atoms with Crippen LogP contribution in [0.2, 0.25) is 0 Å². The van der Waals surface area contributed by atoms with Crippen LogP contribution in [-0.2, 0) is 0 Å². The lowest BCUT2D eigenvalue weighted by molar-refractivity contribution is 0.266. The molecule has 1 atom stereocenters. The third kappa shape index (κ3) is 2.81. The van der Waals surface area contributed by atoms with Crippen LogP contribution in [0.3, 0.4) is 0 Å². The maximum atomic E-state index is 9.49. The first kappa shape index (κ1) is 13.8. The van der Waals surface area contributed by atoms with E-state index < -0.39 is 0 Å². The van der Waals surface area contributed by atoms with Gasteiger partial charge in [0.15, 0.2) is 5.82 Å². The molecule has 1 aliphatic heterocycles. The lowest BCUT2D eigenvalue weighted by Gasteiger charge is -2.24. The van der Waals surface area contributed by atoms with Gasteiger partial charge in [-0.1, -0.05) is 30.3 Å². The van der Waals surface area contributed by atoms with E-state index in [9.17, 15) is 5.11 Å². The first-order valence-corrected chi connectivity index (χ1v) is 7.10. The van der Waals surface area contributed by atoms with E-state index >= 15 is 0 Å². The van der Waals surface area contributed by atoms with E-state index in [1.807, 2.05) is 36.4 Å². The van der Waals surface area contributed by atoms with Crippen LogP contribution in [0.5, 0.6) is 0 Å². The van der Waals surface area contributed by atoms with Gasteiger partial charge in [0.2, 0.25) is 0 Å². The van der Waals surface area contributed by atoms with Crippen molar-refractivity contribution in [1.82, 2.24) is 9.97 Å². The molecule has 110 valence electrons. The van der Waals surface area contributed by atoms with Crippen molar-refractivity contribution in [2.75, 3.05) is 23.5 Å². The molecule has 1 fully saturated rings. The average Bonchev–Trinajstić information content (AvgIpc) is 3.04. The van der Waals surface area contributed by atoms with E-state index in [0.29, 0.717) is 11.6 Å². The molecule has 1 aliphatic rings. The van der Waals surface area contributed by atoms with Gasteiger partial charge in [0.05, 0.1) is 12.6 Å². The number of rotatable bonds is 4. The molecule has 0 saturated carbocycles. The SMILES string of the molecule is NNc1cc(N2CCCC2CO)nc(-c2ccccc2)n1. The first-order valence-electron chi connectivity index (χ1n) is 7.10. The Balaban J connectivity index is 2.01. The number of anilines is 2. The summed E-state index contributed by atoms with van der Waals surface area (Å²) in [5.41, 5.74) is 3.53. The van der Waals surface area contributed by atoms with Gasteiger partial charge in [-0.3, -0.25) is 0 Å². The molecule has 0 radical (unpaired) electrons. The number of nitrogen functional groups attached to an aromatic ring is 1. The number of nitrogens with zero attached hydrogens (tertiary/aromatic N) is 3. The molecular formula is C15H19N5O. The van der Waals surface area contributed by atoms with Gasteiger partial charge in [-0.15, -0.1) is 0 Å². The minimum absolute atomic E-state index is 0.120. The van der Waals surface area contributed by atoms with Gasteiger partial charge in [0, 0.05) is 18.2 Å². The number of aromatic nitrogens is 2. The van der Waals surface area contributed by atoms with E-state index in [2.05, 4.69) is 20.3 Å². The lowest BCUT2D eigenvalue weighted by Crippen LogP contribution is -2.33. The van der Waals surface area contributed by atoms with Crippen molar-refractivity contribution in [2.45, 2.75) is 18.9 Å². The largest absolute Gasteiger partial charge is 0.394 e. The Kier molecular flexibility index (Phi) is 3.98. The molecule has 6 nitrogen and oxygen atoms in total. The Labute approximate surface area is 123 Å². The summed E-state index contributed by atoms with van der Waals surface area (Å²) >= 11 is 0. The molecular weight excluding hydrogens is 266 g/mol. The Bertz CT molecular complexity index is 604. The van der Waals surface area contributed by atoms with E-state index in [1.54, 1.807) is 0 Å². The Morgan fingerprint density at radius 2 is 2.10 bits per heavy atom. The normalized spacial score (nSPS) is 18.0. The zero-order valence-corrected chi connectivity index (χ0v) is 11.7. The molecule has 1 aromatic carbocycles. The topological polar surface area (TPSA) is 87.3 Å². The third-order valence-corrected chi connectivity index (χ3v) is 3.77. The van der Waals surface area contributed by atoms with Crippen molar-refractivity contribution >= 4 is 11.6 Å². The molecule has 1 saturated heterocycles. The quantitative estimate of drug-likeness (QED) is 0.581. The highest BCUT2D eigenvalue weighted by atomic mass is 16.3. The molecule has 0 bridgehead atoms. The summed E-state index contributed by atoms with van der Waals surface area (Å²) < 4.78 is 0. The number of nitrogens with two attached hydrogens (primary N) is 1. The maximum Gasteiger partial charge on any atom is 0.163 e. The van der Waals surface area contributed by atoms with Gasteiger partial charge in [-0.25, -0.2) is 15.8 Å². The second-order valence-electron chi connectivity index (χ2n) is 5.12. The van der Waals surface area contributed by atoms with E-state index in [4.69, 9.17) is 5.84 Å². The predicted molar refractivity (Wildman–Crippen MR) is 82.7 cm³/mol. The molecule has 6 heteroatoms. The molecule has 1 aromatic heterocycles. The van der Waals surface area contributed by atoms with Crippen LogP contribution in [0.25, 0.3) is 11.4 Å². The highest BCUT2D eigenvalue weighted by Crippen LogP contribution is 2.27. The van der Waals surface area contributed by atoms with Crippen LogP contribution in [0.15, 0.2) is 36.4 Å². The molecule has 0 aliphatic carbocycles. The zero-order chi connectivity index (χ0) is 14.7. The fourth-order valence-corrected chi connectivity index (χ4v) is 2.70. The van der Waals surface area contributed by atoms with Crippen molar-refractivity contribution in [3.05, 3.63) is 36.4 Å². The molecule has 0 spiro atoms. The highest BCUT2D eigenvalue weighted by molar-refractivity contribution is 5.62. The van der Waals surface area contributed by atoms with Crippen LogP contribution in [-0.4, -0.2) is 34.3 Å². The minimum atomic E-state index is 0.120. The molecule has 3 rings (SSSR count). The number of hydrazine groups is 1. The third-order valence-electron chi connectivity index (χ3n) is 3.77. The van der Waals surface area contributed by atoms with Crippen molar-refractivity contribution in [3.8, 4) is 11.4 Å². The van der Waals surface area contributed by atoms with Crippen molar-refractivity contribution in [1.29, 1.82) is 0 Å². The average molecular weight is 285 g/mol. The Morgan fingerprint density at radius 3 is 2.81 bits per heavy atom. The van der Waals surface area contributed by atoms with Crippen molar-refractivity contribution in [3.63, 3.8) is 0 Å². The monoisotopic (exact) mass is 285 g/mol. The molecule has 1 unspecified atom stereocenters. The fourth-order valence-electron chi connectivity index (χ4n) is 2.70. The smallest absolute Gasteiger partial charge is 0.163 e. The van der Waals surface area contributed by atoms with Gasteiger partial charge >= 0.3 is 0 Å². The highest BCUT2D eigenvalue weighted by Gasteiger charge is 2.25. The Morgan fingerprint density at radius 1 is 1.29 bits per heavy atom. The number of benzene rings is 1. The molecule has 0 amide bonds. The summed E-state index contributed by atoms with van der Waals surface area (Å²) in [6.45, 7) is 1.02. The van der Waals surface area contributed by atoms with Gasteiger partial charge in [0.25, 0.3) is 0 Å². The summed E-state index contributed by atoms with van der Waals surface area (Å²) in [6.07, 6.45) is 2.04. The van der Waals surface area contributed by atoms with Crippen LogP contribution in [0, 0.1) is 0 Å². The standard InChI is InChI=1S/C15H19N5O/c16-19-13-9-14(20-8-4-7-12(20)10-21)18-15(17-13)11-5-2-1-3-6-11/h1-3,5-6,9,12,21H,4,7-8,10,16H2,(H,17,18,19). The van der Waals surface area contributed by atoms with Gasteiger partial charge in [0.1, 0.15) is 11.6 Å². The van der Waals surface area contributed by atoms with Crippen LogP contribution in [0.4, 0.5) is 11.6 Å². The van der Waals surface area contributed by atoms with Crippen molar-refractivity contribution in [2.24, 2.45) is 5.84 Å².